The first kappa shape index (κ1) is 41.2. The normalized spacial score (nSPS) is 24.6. The summed E-state index contributed by atoms with van der Waals surface area (Å²) < 4.78 is 0. The molecule has 2 N–H and O–H groups in total. The lowest BCUT2D eigenvalue weighted by molar-refractivity contribution is -0.119. The van der Waals surface area contributed by atoms with E-state index in [0.717, 1.165) is 73.9 Å². The van der Waals surface area contributed by atoms with Crippen molar-refractivity contribution in [3.05, 3.63) is 63.6 Å². The monoisotopic (exact) mass is 739 g/mol. The lowest BCUT2D eigenvalue weighted by Gasteiger charge is -2.30. The van der Waals surface area contributed by atoms with E-state index in [-0.39, 0.29) is 69.3 Å². The van der Waals surface area contributed by atoms with Crippen LogP contribution in [0.1, 0.15) is 145 Å². The number of anilines is 2. The Labute approximate surface area is 324 Å². The first-order valence-corrected chi connectivity index (χ1v) is 20.7. The van der Waals surface area contributed by atoms with Crippen LogP contribution in [0.5, 0.6) is 0 Å². The van der Waals surface area contributed by atoms with Crippen LogP contribution in [-0.4, -0.2) is 59.5 Å². The van der Waals surface area contributed by atoms with Crippen LogP contribution in [0.4, 0.5) is 11.4 Å². The van der Waals surface area contributed by atoms with Crippen LogP contribution in [0.2, 0.25) is 0 Å². The molecular formula is C46H66N4O4. The van der Waals surface area contributed by atoms with Crippen molar-refractivity contribution in [1.82, 2.24) is 4.90 Å². The van der Waals surface area contributed by atoms with Gasteiger partial charge in [-0.3, -0.25) is 14.4 Å². The van der Waals surface area contributed by atoms with Gasteiger partial charge in [0, 0.05) is 72.4 Å². The smallest absolute Gasteiger partial charge is 0.246 e. The topological polar surface area (TPSA) is 102 Å². The predicted octanol–water partition coefficient (Wildman–Crippen LogP) is 10.3. The van der Waals surface area contributed by atoms with Crippen molar-refractivity contribution in [2.75, 3.05) is 24.3 Å². The van der Waals surface area contributed by atoms with Crippen molar-refractivity contribution < 1.29 is 19.5 Å². The Hall–Kier alpha value is -3.94. The fourth-order valence-corrected chi connectivity index (χ4v) is 8.90. The highest BCUT2D eigenvalue weighted by molar-refractivity contribution is 6.42. The molecule has 8 nitrogen and oxygen atoms in total. The maximum atomic E-state index is 14.6. The van der Waals surface area contributed by atoms with Gasteiger partial charge in [-0.05, 0) is 73.9 Å². The number of amides is 2. The molecule has 54 heavy (non-hydrogen) atoms. The number of fused-ring (bicyclic) bond motifs is 2. The Bertz CT molecular complexity index is 1840. The molecule has 2 aliphatic carbocycles. The number of hydrogen-bond acceptors (Lipinski definition) is 6. The number of allylic oxidation sites excluding steroid dienone is 6. The van der Waals surface area contributed by atoms with E-state index in [1.807, 2.05) is 24.3 Å². The number of unbranched alkanes of at least 4 members (excludes halogenated alkanes) is 2. The number of hydrogen-bond donors (Lipinski definition) is 2. The number of nitrogens with zero attached hydrogens (tertiary/aromatic N) is 3. The first-order valence-electron chi connectivity index (χ1n) is 20.7. The second-order valence-electron chi connectivity index (χ2n) is 17.5. The summed E-state index contributed by atoms with van der Waals surface area (Å²) in [5.74, 6) is -0.222. The van der Waals surface area contributed by atoms with E-state index in [0.29, 0.717) is 35.4 Å². The summed E-state index contributed by atoms with van der Waals surface area (Å²) in [4.78, 5) is 50.9. The molecule has 5 rings (SSSR count). The summed E-state index contributed by atoms with van der Waals surface area (Å²) in [5, 5.41) is 15.2. The minimum atomic E-state index is -0.315. The molecule has 0 bridgehead atoms. The maximum Gasteiger partial charge on any atom is 0.246 e. The van der Waals surface area contributed by atoms with E-state index in [9.17, 15) is 19.5 Å². The van der Waals surface area contributed by atoms with E-state index in [4.69, 9.17) is 0 Å². The van der Waals surface area contributed by atoms with Crippen LogP contribution in [0, 0.1) is 17.3 Å². The number of likely N-dealkylation sites (tertiary alicyclic amines) is 1. The zero-order valence-corrected chi connectivity index (χ0v) is 35.2. The van der Waals surface area contributed by atoms with Gasteiger partial charge in [-0.25, -0.2) is 4.99 Å². The van der Waals surface area contributed by atoms with Gasteiger partial charge in [0.2, 0.25) is 17.6 Å². The molecule has 4 atom stereocenters. The van der Waals surface area contributed by atoms with E-state index < -0.39 is 0 Å². The lowest BCUT2D eigenvalue weighted by atomic mass is 9.73. The van der Waals surface area contributed by atoms with Crippen molar-refractivity contribution in [3.8, 4) is 0 Å². The number of benzene rings is 1. The van der Waals surface area contributed by atoms with E-state index in [2.05, 4.69) is 103 Å². The second-order valence-corrected chi connectivity index (χ2v) is 17.5. The van der Waals surface area contributed by atoms with E-state index >= 15 is 0 Å². The molecule has 294 valence electrons. The molecule has 4 aliphatic rings. The number of Topliss-reactive ketones (excluding diaryl/α,β-unsaturated/α-hetero) is 1. The molecule has 1 aromatic rings. The van der Waals surface area contributed by atoms with Crippen LogP contribution < -0.4 is 10.2 Å². The molecule has 0 aromatic heterocycles. The third-order valence-electron chi connectivity index (χ3n) is 13.7. The SMILES string of the molecule is CCCCC(CC)CC(=O)N=C1C=C2C(=CC1=C1C(=O)C(c3cc4c(cc3NC(=O)CC(CC)CCCC)N(C)C(C)C4(C)C)=C1O)C(C)(C)C(C)N2C. The first-order chi connectivity index (χ1) is 25.4. The van der Waals surface area contributed by atoms with Gasteiger partial charge >= 0.3 is 0 Å². The highest BCUT2D eigenvalue weighted by Crippen LogP contribution is 2.52. The molecule has 0 radical (unpaired) electrons. The van der Waals surface area contributed by atoms with Crippen LogP contribution >= 0.6 is 0 Å². The number of likely N-dealkylation sites (N-methyl/N-ethyl adjacent to an activating group) is 2. The molecule has 2 amide bonds. The quantitative estimate of drug-likeness (QED) is 0.184. The molecule has 2 heterocycles. The summed E-state index contributed by atoms with van der Waals surface area (Å²) in [6.45, 7) is 21.7. The molecule has 8 heteroatoms. The standard InChI is InChI=1S/C46H66N4O4/c1-13-17-19-29(15-3)21-39(51)47-35-25-37-33(45(7,8)27(5)49(37)11)23-31(35)41-43(53)42(44(41)54)32-24-34-38(50(12)28(6)46(34,9)10)26-36(32)48-40(52)22-30(16-4)20-18-14-2/h23-30,53H,13-22H2,1-12H3,(H,47,51). The molecule has 0 spiro atoms. The highest BCUT2D eigenvalue weighted by Gasteiger charge is 2.48. The number of rotatable bonds is 14. The zero-order valence-electron chi connectivity index (χ0n) is 35.2. The van der Waals surface area contributed by atoms with Crippen molar-refractivity contribution in [2.24, 2.45) is 22.2 Å². The van der Waals surface area contributed by atoms with Gasteiger partial charge in [0.15, 0.2) is 0 Å². The number of aliphatic hydroxyl groups excluding tert-OH is 1. The maximum absolute atomic E-state index is 14.6. The van der Waals surface area contributed by atoms with Gasteiger partial charge in [0.1, 0.15) is 5.76 Å². The Morgan fingerprint density at radius 3 is 2.02 bits per heavy atom. The van der Waals surface area contributed by atoms with Gasteiger partial charge < -0.3 is 20.2 Å². The third-order valence-corrected chi connectivity index (χ3v) is 13.7. The highest BCUT2D eigenvalue weighted by atomic mass is 16.3. The number of aliphatic imine (C=N–C) groups is 1. The summed E-state index contributed by atoms with van der Waals surface area (Å²) >= 11 is 0. The number of carbonyl (C=O) groups excluding carboxylic acids is 3. The molecular weight excluding hydrogens is 673 g/mol. The van der Waals surface area contributed by atoms with Crippen LogP contribution in [-0.2, 0) is 19.8 Å². The number of ketones is 1. The molecule has 1 fully saturated rings. The Balaban J connectivity index is 1.65. The average molecular weight is 739 g/mol. The largest absolute Gasteiger partial charge is 0.506 e. The third kappa shape index (κ3) is 7.38. The summed E-state index contributed by atoms with van der Waals surface area (Å²) in [7, 11) is 4.11. The Kier molecular flexibility index (Phi) is 12.2. The predicted molar refractivity (Wildman–Crippen MR) is 223 cm³/mol. The van der Waals surface area contributed by atoms with Crippen molar-refractivity contribution in [1.29, 1.82) is 0 Å². The number of aliphatic hydroxyl groups is 1. The lowest BCUT2D eigenvalue weighted by Crippen LogP contribution is -2.36. The van der Waals surface area contributed by atoms with Crippen LogP contribution in [0.3, 0.4) is 0 Å². The summed E-state index contributed by atoms with van der Waals surface area (Å²) in [5.41, 5.74) is 5.90. The molecule has 1 aromatic carbocycles. The van der Waals surface area contributed by atoms with E-state index in [1.54, 1.807) is 0 Å². The van der Waals surface area contributed by atoms with Gasteiger partial charge in [0.05, 0.1) is 22.5 Å². The average Bonchev–Trinajstić information content (AvgIpc) is 3.40. The summed E-state index contributed by atoms with van der Waals surface area (Å²) in [6, 6.07) is 4.32. The van der Waals surface area contributed by atoms with Gasteiger partial charge in [-0.15, -0.1) is 0 Å². The van der Waals surface area contributed by atoms with E-state index in [1.165, 1.54) is 0 Å². The molecule has 1 saturated heterocycles. The van der Waals surface area contributed by atoms with Gasteiger partial charge in [-0.2, -0.15) is 0 Å². The minimum absolute atomic E-state index is 0.0915. The van der Waals surface area contributed by atoms with Crippen LogP contribution in [0.25, 0.3) is 5.57 Å². The molecule has 0 saturated carbocycles. The molecule has 2 aliphatic heterocycles. The summed E-state index contributed by atoms with van der Waals surface area (Å²) in [6.07, 6.45) is 12.7. The van der Waals surface area contributed by atoms with Crippen molar-refractivity contribution >= 4 is 40.3 Å². The minimum Gasteiger partial charge on any atom is -0.506 e. The Morgan fingerprint density at radius 2 is 1.44 bits per heavy atom. The zero-order chi connectivity index (χ0) is 39.9. The van der Waals surface area contributed by atoms with Crippen molar-refractivity contribution in [3.63, 3.8) is 0 Å². The fourth-order valence-electron chi connectivity index (χ4n) is 8.90. The number of nitrogens with one attached hydrogen (secondary N) is 1. The van der Waals surface area contributed by atoms with Crippen molar-refractivity contribution in [2.45, 2.75) is 151 Å². The number of carbonyl (C=O) groups is 3. The van der Waals surface area contributed by atoms with Gasteiger partial charge in [0.25, 0.3) is 0 Å². The molecule has 4 unspecified atom stereocenters. The second kappa shape index (κ2) is 16.0. The van der Waals surface area contributed by atoms with Crippen LogP contribution in [0.15, 0.2) is 57.5 Å². The van der Waals surface area contributed by atoms with Gasteiger partial charge in [-0.1, -0.05) is 93.9 Å². The Morgan fingerprint density at radius 1 is 0.852 bits per heavy atom. The fraction of sp³-hybridized carbons (Fsp3) is 0.609.